The van der Waals surface area contributed by atoms with Gasteiger partial charge in [-0.25, -0.2) is 4.98 Å². The summed E-state index contributed by atoms with van der Waals surface area (Å²) in [6.07, 6.45) is 7.56. The lowest BCUT2D eigenvalue weighted by Gasteiger charge is -2.34. The van der Waals surface area contributed by atoms with E-state index < -0.39 is 6.04 Å². The van der Waals surface area contributed by atoms with Crippen molar-refractivity contribution in [2.75, 3.05) is 10.2 Å². The number of aromatic nitrogens is 1. The van der Waals surface area contributed by atoms with Crippen LogP contribution in [-0.2, 0) is 14.4 Å². The number of hydrogen-bond acceptors (Lipinski definition) is 4. The quantitative estimate of drug-likeness (QED) is 0.337. The number of carbonyl (C=O) groups is 3. The fraction of sp³-hybridized carbons (Fsp3) is 0.375. The Hall–Kier alpha value is -4.00. The molecule has 1 heterocycles. The molecule has 3 amide bonds. The van der Waals surface area contributed by atoms with Crippen molar-refractivity contribution >= 4 is 29.2 Å². The third-order valence-electron chi connectivity index (χ3n) is 7.22. The number of para-hydroxylation sites is 1. The van der Waals surface area contributed by atoms with Crippen molar-refractivity contribution in [1.82, 2.24) is 10.3 Å². The molecule has 0 aliphatic heterocycles. The van der Waals surface area contributed by atoms with Gasteiger partial charge in [-0.15, -0.1) is 0 Å². The molecule has 1 saturated carbocycles. The summed E-state index contributed by atoms with van der Waals surface area (Å²) in [6.45, 7) is 3.95. The maximum absolute atomic E-state index is 13.9. The van der Waals surface area contributed by atoms with Gasteiger partial charge in [0.2, 0.25) is 17.7 Å². The summed E-state index contributed by atoms with van der Waals surface area (Å²) in [4.78, 5) is 46.1. The largest absolute Gasteiger partial charge is 0.351 e. The zero-order chi connectivity index (χ0) is 27.6. The number of aryl methyl sites for hydroxylation is 2. The minimum atomic E-state index is -0.816. The van der Waals surface area contributed by atoms with E-state index in [0.717, 1.165) is 42.4 Å². The SMILES string of the molecule is Cc1ccc([C@@H](C(=O)NC2CCCCC2)N(C(=O)CCCC(=O)Nc2ccccn2)c2ccccc2C)cc1. The van der Waals surface area contributed by atoms with Crippen LogP contribution in [0.3, 0.4) is 0 Å². The Morgan fingerprint density at radius 1 is 0.897 bits per heavy atom. The highest BCUT2D eigenvalue weighted by Gasteiger charge is 2.34. The van der Waals surface area contributed by atoms with Crippen molar-refractivity contribution in [1.29, 1.82) is 0 Å². The highest BCUT2D eigenvalue weighted by Crippen LogP contribution is 2.32. The molecule has 0 radical (unpaired) electrons. The van der Waals surface area contributed by atoms with Crippen molar-refractivity contribution < 1.29 is 14.4 Å². The molecular formula is C32H38N4O3. The molecule has 7 nitrogen and oxygen atoms in total. The van der Waals surface area contributed by atoms with E-state index in [1.54, 1.807) is 29.3 Å². The second-order valence-corrected chi connectivity index (χ2v) is 10.3. The molecule has 1 fully saturated rings. The lowest BCUT2D eigenvalue weighted by molar-refractivity contribution is -0.127. The normalized spacial score (nSPS) is 14.3. The highest BCUT2D eigenvalue weighted by molar-refractivity contribution is 6.02. The summed E-state index contributed by atoms with van der Waals surface area (Å²) in [5.74, 6) is -0.0854. The number of hydrogen-bond donors (Lipinski definition) is 2. The molecule has 0 spiro atoms. The molecule has 2 aromatic carbocycles. The molecule has 204 valence electrons. The number of carbonyl (C=O) groups excluding carboxylic acids is 3. The summed E-state index contributed by atoms with van der Waals surface area (Å²) >= 11 is 0. The summed E-state index contributed by atoms with van der Waals surface area (Å²) in [5.41, 5.74) is 3.45. The molecule has 1 atom stereocenters. The van der Waals surface area contributed by atoms with Crippen LogP contribution < -0.4 is 15.5 Å². The molecule has 7 heteroatoms. The second-order valence-electron chi connectivity index (χ2n) is 10.3. The van der Waals surface area contributed by atoms with E-state index in [-0.39, 0.29) is 36.6 Å². The molecule has 4 rings (SSSR count). The van der Waals surface area contributed by atoms with Crippen LogP contribution in [0.2, 0.25) is 0 Å². The molecule has 2 N–H and O–H groups in total. The maximum atomic E-state index is 13.9. The van der Waals surface area contributed by atoms with Gasteiger partial charge < -0.3 is 10.6 Å². The summed E-state index contributed by atoms with van der Waals surface area (Å²) in [6, 6.07) is 20.0. The van der Waals surface area contributed by atoms with Crippen LogP contribution in [0.15, 0.2) is 72.9 Å². The van der Waals surface area contributed by atoms with E-state index in [4.69, 9.17) is 0 Å². The van der Waals surface area contributed by atoms with E-state index in [1.165, 1.54) is 6.42 Å². The summed E-state index contributed by atoms with van der Waals surface area (Å²) < 4.78 is 0. The number of nitrogens with zero attached hydrogens (tertiary/aromatic N) is 2. The Kier molecular flexibility index (Phi) is 9.84. The molecule has 0 unspecified atom stereocenters. The Balaban J connectivity index is 1.58. The van der Waals surface area contributed by atoms with E-state index in [9.17, 15) is 14.4 Å². The Bertz CT molecular complexity index is 1250. The molecule has 39 heavy (non-hydrogen) atoms. The van der Waals surface area contributed by atoms with E-state index in [2.05, 4.69) is 15.6 Å². The van der Waals surface area contributed by atoms with E-state index in [1.807, 2.05) is 62.4 Å². The van der Waals surface area contributed by atoms with Crippen molar-refractivity contribution in [2.45, 2.75) is 77.3 Å². The molecule has 1 aliphatic carbocycles. The number of anilines is 2. The molecule has 3 aromatic rings. The van der Waals surface area contributed by atoms with Gasteiger partial charge in [-0.3, -0.25) is 19.3 Å². The fourth-order valence-electron chi connectivity index (χ4n) is 5.11. The minimum absolute atomic E-state index is 0.114. The van der Waals surface area contributed by atoms with Crippen LogP contribution in [0.4, 0.5) is 11.5 Å². The number of nitrogens with one attached hydrogen (secondary N) is 2. The van der Waals surface area contributed by atoms with Crippen LogP contribution in [0.1, 0.15) is 74.1 Å². The molecule has 0 bridgehead atoms. The van der Waals surface area contributed by atoms with Gasteiger partial charge in [-0.2, -0.15) is 0 Å². The lowest BCUT2D eigenvalue weighted by atomic mass is 9.94. The third kappa shape index (κ3) is 7.76. The Morgan fingerprint density at radius 2 is 1.62 bits per heavy atom. The van der Waals surface area contributed by atoms with Gasteiger partial charge in [0, 0.05) is 30.8 Å². The lowest BCUT2D eigenvalue weighted by Crippen LogP contribution is -2.47. The van der Waals surface area contributed by atoms with Gasteiger partial charge in [0.05, 0.1) is 0 Å². The number of pyridine rings is 1. The van der Waals surface area contributed by atoms with Gasteiger partial charge in [-0.05, 0) is 62.4 Å². The minimum Gasteiger partial charge on any atom is -0.351 e. The monoisotopic (exact) mass is 526 g/mol. The van der Waals surface area contributed by atoms with Gasteiger partial charge in [0.15, 0.2) is 0 Å². The third-order valence-corrected chi connectivity index (χ3v) is 7.22. The number of rotatable bonds is 10. The zero-order valence-corrected chi connectivity index (χ0v) is 22.9. The maximum Gasteiger partial charge on any atom is 0.248 e. The molecule has 1 aliphatic rings. The average Bonchev–Trinajstić information content (AvgIpc) is 2.94. The van der Waals surface area contributed by atoms with Gasteiger partial charge >= 0.3 is 0 Å². The van der Waals surface area contributed by atoms with Crippen molar-refractivity contribution in [2.24, 2.45) is 0 Å². The first-order valence-electron chi connectivity index (χ1n) is 13.9. The highest BCUT2D eigenvalue weighted by atomic mass is 16.2. The fourth-order valence-corrected chi connectivity index (χ4v) is 5.11. The van der Waals surface area contributed by atoms with Crippen LogP contribution in [0, 0.1) is 13.8 Å². The van der Waals surface area contributed by atoms with Crippen molar-refractivity contribution in [3.8, 4) is 0 Å². The van der Waals surface area contributed by atoms with Gasteiger partial charge in [0.1, 0.15) is 11.9 Å². The van der Waals surface area contributed by atoms with Gasteiger partial charge in [-0.1, -0.05) is 73.4 Å². The summed E-state index contributed by atoms with van der Waals surface area (Å²) in [5, 5.41) is 6.02. The number of benzene rings is 2. The standard InChI is InChI=1S/C32H38N4O3/c1-23-18-20-25(21-19-23)31(32(39)34-26-12-4-3-5-13-26)36(27-14-7-6-11-24(27)2)30(38)17-10-16-29(37)35-28-15-8-9-22-33-28/h6-9,11,14-15,18-22,26,31H,3-5,10,12-13,16-17H2,1-2H3,(H,34,39)(H,33,35,37)/t31-/m0/s1. The van der Waals surface area contributed by atoms with Crippen molar-refractivity contribution in [3.63, 3.8) is 0 Å². The first-order valence-corrected chi connectivity index (χ1v) is 13.9. The average molecular weight is 527 g/mol. The molecular weight excluding hydrogens is 488 g/mol. The first kappa shape index (κ1) is 28.0. The van der Waals surface area contributed by atoms with E-state index in [0.29, 0.717) is 17.9 Å². The smallest absolute Gasteiger partial charge is 0.248 e. The van der Waals surface area contributed by atoms with Crippen LogP contribution in [0.5, 0.6) is 0 Å². The zero-order valence-electron chi connectivity index (χ0n) is 22.9. The predicted octanol–water partition coefficient (Wildman–Crippen LogP) is 6.03. The molecule has 0 saturated heterocycles. The van der Waals surface area contributed by atoms with Crippen molar-refractivity contribution in [3.05, 3.63) is 89.6 Å². The van der Waals surface area contributed by atoms with Gasteiger partial charge in [0.25, 0.3) is 0 Å². The van der Waals surface area contributed by atoms with E-state index >= 15 is 0 Å². The Morgan fingerprint density at radius 3 is 2.31 bits per heavy atom. The first-order chi connectivity index (χ1) is 18.9. The number of amides is 3. The van der Waals surface area contributed by atoms with Crippen LogP contribution in [-0.4, -0.2) is 28.7 Å². The van der Waals surface area contributed by atoms with Crippen LogP contribution in [0.25, 0.3) is 0 Å². The Labute approximate surface area is 231 Å². The molecule has 1 aromatic heterocycles. The van der Waals surface area contributed by atoms with Crippen LogP contribution >= 0.6 is 0 Å². The topological polar surface area (TPSA) is 91.4 Å². The predicted molar refractivity (Wildman–Crippen MR) is 154 cm³/mol. The summed E-state index contributed by atoms with van der Waals surface area (Å²) in [7, 11) is 0. The second kappa shape index (κ2) is 13.7.